The van der Waals surface area contributed by atoms with Crippen LogP contribution in [0, 0.1) is 5.92 Å². The summed E-state index contributed by atoms with van der Waals surface area (Å²) >= 11 is 3.35. The Morgan fingerprint density at radius 1 is 1.47 bits per heavy atom. The van der Waals surface area contributed by atoms with E-state index in [1.807, 2.05) is 0 Å². The summed E-state index contributed by atoms with van der Waals surface area (Å²) in [6.07, 6.45) is 2.72. The number of rotatable bonds is 7. The Labute approximate surface area is 110 Å². The summed E-state index contributed by atoms with van der Waals surface area (Å²) in [6, 6.07) is 0. The molecule has 0 aromatic carbocycles. The summed E-state index contributed by atoms with van der Waals surface area (Å²) < 4.78 is 6.28. The SMILES string of the molecule is CC(C)CCOCCNc1nc(N)ncc1Br. The van der Waals surface area contributed by atoms with Gasteiger partial charge in [0.1, 0.15) is 5.82 Å². The minimum absolute atomic E-state index is 0.261. The van der Waals surface area contributed by atoms with E-state index in [9.17, 15) is 0 Å². The Morgan fingerprint density at radius 2 is 2.24 bits per heavy atom. The maximum Gasteiger partial charge on any atom is 0.221 e. The van der Waals surface area contributed by atoms with Gasteiger partial charge in [-0.2, -0.15) is 4.98 Å². The number of nitrogens with two attached hydrogens (primary N) is 1. The van der Waals surface area contributed by atoms with Crippen LogP contribution in [0.2, 0.25) is 0 Å². The van der Waals surface area contributed by atoms with Crippen molar-refractivity contribution in [2.24, 2.45) is 5.92 Å². The lowest BCUT2D eigenvalue weighted by Gasteiger charge is -2.09. The Hall–Kier alpha value is -0.880. The maximum absolute atomic E-state index is 5.50. The first kappa shape index (κ1) is 14.2. The minimum Gasteiger partial charge on any atom is -0.380 e. The average molecular weight is 303 g/mol. The van der Waals surface area contributed by atoms with Crippen molar-refractivity contribution in [2.75, 3.05) is 30.8 Å². The van der Waals surface area contributed by atoms with Crippen LogP contribution in [0.1, 0.15) is 20.3 Å². The van der Waals surface area contributed by atoms with Gasteiger partial charge in [0.25, 0.3) is 0 Å². The van der Waals surface area contributed by atoms with E-state index in [4.69, 9.17) is 10.5 Å². The van der Waals surface area contributed by atoms with Crippen molar-refractivity contribution < 1.29 is 4.74 Å². The Bertz CT molecular complexity index is 346. The molecular weight excluding hydrogens is 284 g/mol. The first-order valence-electron chi connectivity index (χ1n) is 5.69. The van der Waals surface area contributed by atoms with Crippen molar-refractivity contribution in [3.63, 3.8) is 0 Å². The highest BCUT2D eigenvalue weighted by Gasteiger charge is 2.02. The molecule has 0 aliphatic rings. The van der Waals surface area contributed by atoms with E-state index < -0.39 is 0 Å². The average Bonchev–Trinajstić information content (AvgIpc) is 2.27. The van der Waals surface area contributed by atoms with Crippen LogP contribution in [0.3, 0.4) is 0 Å². The highest BCUT2D eigenvalue weighted by atomic mass is 79.9. The van der Waals surface area contributed by atoms with Gasteiger partial charge < -0.3 is 15.8 Å². The summed E-state index contributed by atoms with van der Waals surface area (Å²) in [5.41, 5.74) is 5.50. The highest BCUT2D eigenvalue weighted by molar-refractivity contribution is 9.10. The molecule has 0 unspecified atom stereocenters. The van der Waals surface area contributed by atoms with E-state index in [0.717, 1.165) is 17.5 Å². The lowest BCUT2D eigenvalue weighted by atomic mass is 10.1. The standard InChI is InChI=1S/C11H19BrN4O/c1-8(2)3-5-17-6-4-14-10-9(12)7-15-11(13)16-10/h7-8H,3-6H2,1-2H3,(H3,13,14,15,16). The molecule has 1 aromatic heterocycles. The maximum atomic E-state index is 5.50. The van der Waals surface area contributed by atoms with Crippen molar-refractivity contribution >= 4 is 27.7 Å². The van der Waals surface area contributed by atoms with E-state index >= 15 is 0 Å². The molecule has 1 aromatic rings. The topological polar surface area (TPSA) is 73.1 Å². The third-order valence-electron chi connectivity index (χ3n) is 2.14. The van der Waals surface area contributed by atoms with Crippen LogP contribution in [-0.2, 0) is 4.74 Å². The van der Waals surface area contributed by atoms with E-state index in [0.29, 0.717) is 24.9 Å². The number of hydrogen-bond acceptors (Lipinski definition) is 5. The fourth-order valence-electron chi connectivity index (χ4n) is 1.17. The molecule has 0 saturated carbocycles. The Morgan fingerprint density at radius 3 is 2.94 bits per heavy atom. The lowest BCUT2D eigenvalue weighted by molar-refractivity contribution is 0.132. The first-order chi connectivity index (χ1) is 8.09. The molecule has 0 fully saturated rings. The zero-order chi connectivity index (χ0) is 12.7. The normalized spacial score (nSPS) is 10.8. The predicted molar refractivity (Wildman–Crippen MR) is 72.9 cm³/mol. The van der Waals surface area contributed by atoms with Gasteiger partial charge >= 0.3 is 0 Å². The molecule has 0 saturated heterocycles. The smallest absolute Gasteiger partial charge is 0.221 e. The van der Waals surface area contributed by atoms with Gasteiger partial charge in [-0.3, -0.25) is 0 Å². The third-order valence-corrected chi connectivity index (χ3v) is 2.72. The van der Waals surface area contributed by atoms with Crippen LogP contribution < -0.4 is 11.1 Å². The minimum atomic E-state index is 0.261. The van der Waals surface area contributed by atoms with Crippen LogP contribution in [0.15, 0.2) is 10.7 Å². The van der Waals surface area contributed by atoms with Crippen molar-refractivity contribution in [1.82, 2.24) is 9.97 Å². The summed E-state index contributed by atoms with van der Waals surface area (Å²) in [5, 5.41) is 3.14. The second-order valence-corrected chi connectivity index (χ2v) is 5.00. The van der Waals surface area contributed by atoms with Crippen LogP contribution in [-0.4, -0.2) is 29.7 Å². The molecular formula is C11H19BrN4O. The van der Waals surface area contributed by atoms with Gasteiger partial charge in [0.2, 0.25) is 5.95 Å². The van der Waals surface area contributed by atoms with Crippen LogP contribution in [0.5, 0.6) is 0 Å². The zero-order valence-corrected chi connectivity index (χ0v) is 11.8. The van der Waals surface area contributed by atoms with Gasteiger partial charge in [0, 0.05) is 19.3 Å². The molecule has 3 N–H and O–H groups in total. The molecule has 17 heavy (non-hydrogen) atoms. The van der Waals surface area contributed by atoms with E-state index in [1.165, 1.54) is 0 Å². The number of ether oxygens (including phenoxy) is 1. The molecule has 0 bridgehead atoms. The molecule has 5 nitrogen and oxygen atoms in total. The summed E-state index contributed by atoms with van der Waals surface area (Å²) in [5.74, 6) is 1.64. The van der Waals surface area contributed by atoms with Crippen LogP contribution in [0.4, 0.5) is 11.8 Å². The molecule has 0 amide bonds. The summed E-state index contributed by atoms with van der Waals surface area (Å²) in [4.78, 5) is 7.94. The second-order valence-electron chi connectivity index (χ2n) is 4.15. The van der Waals surface area contributed by atoms with Gasteiger partial charge in [-0.1, -0.05) is 13.8 Å². The van der Waals surface area contributed by atoms with E-state index in [-0.39, 0.29) is 5.95 Å². The molecule has 1 heterocycles. The number of nitrogens with zero attached hydrogens (tertiary/aromatic N) is 2. The van der Waals surface area contributed by atoms with E-state index in [1.54, 1.807) is 6.20 Å². The molecule has 0 spiro atoms. The third kappa shape index (κ3) is 5.83. The number of nitrogens with one attached hydrogen (secondary N) is 1. The molecule has 0 aliphatic carbocycles. The van der Waals surface area contributed by atoms with Gasteiger partial charge in [0.05, 0.1) is 11.1 Å². The lowest BCUT2D eigenvalue weighted by Crippen LogP contribution is -2.12. The monoisotopic (exact) mass is 302 g/mol. The van der Waals surface area contributed by atoms with Crippen molar-refractivity contribution in [1.29, 1.82) is 0 Å². The summed E-state index contributed by atoms with van der Waals surface area (Å²) in [6.45, 7) is 6.52. The van der Waals surface area contributed by atoms with Crippen LogP contribution >= 0.6 is 15.9 Å². The van der Waals surface area contributed by atoms with Gasteiger partial charge in [-0.15, -0.1) is 0 Å². The highest BCUT2D eigenvalue weighted by Crippen LogP contribution is 2.18. The Kier molecular flexibility index (Phi) is 6.21. The molecule has 96 valence electrons. The molecule has 1 rings (SSSR count). The quantitative estimate of drug-likeness (QED) is 0.756. The van der Waals surface area contributed by atoms with E-state index in [2.05, 4.69) is 45.1 Å². The van der Waals surface area contributed by atoms with Gasteiger partial charge in [0.15, 0.2) is 0 Å². The predicted octanol–water partition coefficient (Wildman–Crippen LogP) is 2.30. The molecule has 0 atom stereocenters. The molecule has 0 radical (unpaired) electrons. The van der Waals surface area contributed by atoms with Crippen molar-refractivity contribution in [2.45, 2.75) is 20.3 Å². The van der Waals surface area contributed by atoms with Crippen molar-refractivity contribution in [3.05, 3.63) is 10.7 Å². The zero-order valence-electron chi connectivity index (χ0n) is 10.2. The number of anilines is 2. The van der Waals surface area contributed by atoms with Gasteiger partial charge in [-0.05, 0) is 28.3 Å². The fraction of sp³-hybridized carbons (Fsp3) is 0.636. The first-order valence-corrected chi connectivity index (χ1v) is 6.48. The van der Waals surface area contributed by atoms with Crippen molar-refractivity contribution in [3.8, 4) is 0 Å². The van der Waals surface area contributed by atoms with Crippen LogP contribution in [0.25, 0.3) is 0 Å². The Balaban J connectivity index is 2.20. The number of aromatic nitrogens is 2. The van der Waals surface area contributed by atoms with Gasteiger partial charge in [-0.25, -0.2) is 4.98 Å². The number of nitrogen functional groups attached to an aromatic ring is 1. The fourth-order valence-corrected chi connectivity index (χ4v) is 1.50. The number of hydrogen-bond donors (Lipinski definition) is 2. The molecule has 0 aliphatic heterocycles. The number of halogens is 1. The molecule has 6 heteroatoms. The largest absolute Gasteiger partial charge is 0.380 e. The second kappa shape index (κ2) is 7.45. The summed E-state index contributed by atoms with van der Waals surface area (Å²) in [7, 11) is 0.